The Morgan fingerprint density at radius 3 is 2.52 bits per heavy atom. The minimum atomic E-state index is -0.399. The van der Waals surface area contributed by atoms with Crippen LogP contribution in [-0.2, 0) is 16.1 Å². The summed E-state index contributed by atoms with van der Waals surface area (Å²) < 4.78 is 13.3. The first-order valence-corrected chi connectivity index (χ1v) is 10.1. The monoisotopic (exact) mass is 398 g/mol. The molecule has 0 bridgehead atoms. The minimum Gasteiger partial charge on any atom is -0.331 e. The number of carbonyl (C=O) groups is 2. The van der Waals surface area contributed by atoms with Gasteiger partial charge in [-0.25, -0.2) is 4.39 Å². The quantitative estimate of drug-likeness (QED) is 0.680. The van der Waals surface area contributed by atoms with E-state index in [0.717, 1.165) is 10.5 Å². The van der Waals surface area contributed by atoms with E-state index in [2.05, 4.69) is 12.2 Å². The van der Waals surface area contributed by atoms with E-state index in [9.17, 15) is 14.0 Å². The van der Waals surface area contributed by atoms with E-state index in [4.69, 9.17) is 0 Å². The average molecular weight is 399 g/mol. The third-order valence-corrected chi connectivity index (χ3v) is 5.34. The molecule has 1 unspecified atom stereocenters. The second-order valence-electron chi connectivity index (χ2n) is 7.95. The third-order valence-electron chi connectivity index (χ3n) is 5.34. The van der Waals surface area contributed by atoms with Gasteiger partial charge in [0.15, 0.2) is 13.1 Å². The molecule has 0 aliphatic heterocycles. The van der Waals surface area contributed by atoms with Gasteiger partial charge in [0.25, 0.3) is 11.8 Å². The summed E-state index contributed by atoms with van der Waals surface area (Å²) >= 11 is 0. The lowest BCUT2D eigenvalue weighted by Gasteiger charge is -2.30. The van der Waals surface area contributed by atoms with E-state index < -0.39 is 5.82 Å². The van der Waals surface area contributed by atoms with Crippen LogP contribution in [0.5, 0.6) is 0 Å². The van der Waals surface area contributed by atoms with Gasteiger partial charge in [0.1, 0.15) is 5.82 Å². The SMILES string of the molecule is C[C@H](C1CC1)N(Cc1ccccc1)C(=O)C[NH+](C)CC(=O)Nc1cccc(F)c1. The molecule has 2 aromatic rings. The van der Waals surface area contributed by atoms with Gasteiger partial charge in [0.2, 0.25) is 0 Å². The Morgan fingerprint density at radius 2 is 1.86 bits per heavy atom. The largest absolute Gasteiger partial charge is 0.331 e. The van der Waals surface area contributed by atoms with Crippen molar-refractivity contribution >= 4 is 17.5 Å². The lowest BCUT2D eigenvalue weighted by atomic mass is 10.1. The van der Waals surface area contributed by atoms with Gasteiger partial charge in [-0.15, -0.1) is 0 Å². The van der Waals surface area contributed by atoms with Crippen molar-refractivity contribution in [1.82, 2.24) is 4.90 Å². The molecule has 29 heavy (non-hydrogen) atoms. The number of carbonyl (C=O) groups excluding carboxylic acids is 2. The molecule has 0 spiro atoms. The first-order valence-electron chi connectivity index (χ1n) is 10.1. The summed E-state index contributed by atoms with van der Waals surface area (Å²) in [6.45, 7) is 3.07. The number of nitrogens with one attached hydrogen (secondary N) is 2. The number of likely N-dealkylation sites (N-methyl/N-ethyl adjacent to an activating group) is 1. The van der Waals surface area contributed by atoms with Gasteiger partial charge in [-0.1, -0.05) is 36.4 Å². The molecular formula is C23H29FN3O2+. The fraction of sp³-hybridized carbons (Fsp3) is 0.391. The summed E-state index contributed by atoms with van der Waals surface area (Å²) in [6.07, 6.45) is 2.33. The number of rotatable bonds is 9. The van der Waals surface area contributed by atoms with E-state index in [-0.39, 0.29) is 30.9 Å². The normalized spacial score (nSPS) is 15.4. The molecule has 6 heteroatoms. The molecular weight excluding hydrogens is 369 g/mol. The Bertz CT molecular complexity index is 839. The molecule has 1 aliphatic rings. The minimum absolute atomic E-state index is 0.0457. The van der Waals surface area contributed by atoms with Crippen LogP contribution < -0.4 is 10.2 Å². The van der Waals surface area contributed by atoms with Crippen molar-refractivity contribution in [3.8, 4) is 0 Å². The van der Waals surface area contributed by atoms with E-state index in [1.165, 1.54) is 25.0 Å². The highest BCUT2D eigenvalue weighted by atomic mass is 19.1. The van der Waals surface area contributed by atoms with Crippen LogP contribution in [0.2, 0.25) is 0 Å². The predicted octanol–water partition coefficient (Wildman–Crippen LogP) is 2.11. The van der Waals surface area contributed by atoms with Crippen LogP contribution in [0.1, 0.15) is 25.3 Å². The van der Waals surface area contributed by atoms with Gasteiger partial charge in [-0.05, 0) is 49.4 Å². The number of hydrogen-bond acceptors (Lipinski definition) is 2. The van der Waals surface area contributed by atoms with Crippen LogP contribution in [0, 0.1) is 11.7 Å². The van der Waals surface area contributed by atoms with Gasteiger partial charge in [0, 0.05) is 18.3 Å². The summed E-state index contributed by atoms with van der Waals surface area (Å²) in [5, 5.41) is 2.68. The second-order valence-corrected chi connectivity index (χ2v) is 7.95. The van der Waals surface area contributed by atoms with Crippen molar-refractivity contribution in [2.75, 3.05) is 25.5 Å². The number of amides is 2. The number of benzene rings is 2. The molecule has 5 nitrogen and oxygen atoms in total. The molecule has 0 aromatic heterocycles. The number of anilines is 1. The summed E-state index contributed by atoms with van der Waals surface area (Å²) in [5.74, 6) is -0.0291. The number of quaternary nitrogens is 1. The fourth-order valence-corrected chi connectivity index (χ4v) is 3.54. The third kappa shape index (κ3) is 6.39. The highest BCUT2D eigenvalue weighted by Crippen LogP contribution is 2.35. The number of halogens is 1. The first kappa shape index (κ1) is 21.0. The molecule has 2 atom stereocenters. The molecule has 2 N–H and O–H groups in total. The Hall–Kier alpha value is -2.73. The molecule has 3 rings (SSSR count). The van der Waals surface area contributed by atoms with Crippen LogP contribution in [0.4, 0.5) is 10.1 Å². The molecule has 1 fully saturated rings. The van der Waals surface area contributed by atoms with Crippen LogP contribution in [0.3, 0.4) is 0 Å². The average Bonchev–Trinajstić information content (AvgIpc) is 3.51. The second kappa shape index (κ2) is 9.65. The van der Waals surface area contributed by atoms with Gasteiger partial charge in [-0.2, -0.15) is 0 Å². The Balaban J connectivity index is 1.56. The molecule has 2 amide bonds. The number of nitrogens with zero attached hydrogens (tertiary/aromatic N) is 1. The lowest BCUT2D eigenvalue weighted by molar-refractivity contribution is -0.862. The molecule has 154 valence electrons. The van der Waals surface area contributed by atoms with Crippen molar-refractivity contribution in [2.45, 2.75) is 32.4 Å². The van der Waals surface area contributed by atoms with Crippen LogP contribution in [-0.4, -0.2) is 42.9 Å². The molecule has 1 aliphatic carbocycles. The zero-order valence-corrected chi connectivity index (χ0v) is 17.0. The van der Waals surface area contributed by atoms with E-state index in [1.54, 1.807) is 12.1 Å². The summed E-state index contributed by atoms with van der Waals surface area (Å²) in [7, 11) is 1.82. The standard InChI is InChI=1S/C23H28FN3O2/c1-17(19-11-12-19)27(14-18-7-4-3-5-8-18)23(29)16-26(2)15-22(28)25-21-10-6-9-20(24)13-21/h3-10,13,17,19H,11-12,14-16H2,1-2H3,(H,25,28)/p+1/t17-/m1/s1. The smallest absolute Gasteiger partial charge is 0.279 e. The lowest BCUT2D eigenvalue weighted by Crippen LogP contribution is -3.11. The van der Waals surface area contributed by atoms with Crippen molar-refractivity contribution in [2.24, 2.45) is 5.92 Å². The van der Waals surface area contributed by atoms with Gasteiger partial charge < -0.3 is 15.1 Å². The van der Waals surface area contributed by atoms with E-state index in [0.29, 0.717) is 18.2 Å². The molecule has 2 aromatic carbocycles. The van der Waals surface area contributed by atoms with E-state index >= 15 is 0 Å². The zero-order valence-electron chi connectivity index (χ0n) is 17.0. The maximum Gasteiger partial charge on any atom is 0.279 e. The van der Waals surface area contributed by atoms with Gasteiger partial charge in [0.05, 0.1) is 7.05 Å². The van der Waals surface area contributed by atoms with Crippen LogP contribution in [0.25, 0.3) is 0 Å². The zero-order chi connectivity index (χ0) is 20.8. The highest BCUT2D eigenvalue weighted by molar-refractivity contribution is 5.91. The highest BCUT2D eigenvalue weighted by Gasteiger charge is 2.35. The summed E-state index contributed by atoms with van der Waals surface area (Å²) in [5.41, 5.74) is 1.53. The Morgan fingerprint density at radius 1 is 1.14 bits per heavy atom. The topological polar surface area (TPSA) is 53.9 Å². The van der Waals surface area contributed by atoms with Crippen molar-refractivity contribution in [3.63, 3.8) is 0 Å². The van der Waals surface area contributed by atoms with Crippen molar-refractivity contribution < 1.29 is 18.9 Å². The first-order chi connectivity index (χ1) is 13.9. The summed E-state index contributed by atoms with van der Waals surface area (Å²) in [4.78, 5) is 28.0. The van der Waals surface area contributed by atoms with Crippen molar-refractivity contribution in [3.05, 3.63) is 66.0 Å². The maximum absolute atomic E-state index is 13.3. The molecule has 0 saturated heterocycles. The number of hydrogen-bond donors (Lipinski definition) is 2. The van der Waals surface area contributed by atoms with Gasteiger partial charge in [-0.3, -0.25) is 9.59 Å². The van der Waals surface area contributed by atoms with Crippen LogP contribution in [0.15, 0.2) is 54.6 Å². The Kier molecular flexibility index (Phi) is 6.99. The summed E-state index contributed by atoms with van der Waals surface area (Å²) in [6, 6.07) is 16.0. The van der Waals surface area contributed by atoms with Crippen molar-refractivity contribution in [1.29, 1.82) is 0 Å². The molecule has 1 saturated carbocycles. The maximum atomic E-state index is 13.3. The molecule has 0 heterocycles. The van der Waals surface area contributed by atoms with Crippen LogP contribution >= 0.6 is 0 Å². The fourth-order valence-electron chi connectivity index (χ4n) is 3.54. The molecule has 0 radical (unpaired) electrons. The van der Waals surface area contributed by atoms with Gasteiger partial charge >= 0.3 is 0 Å². The Labute approximate surface area is 171 Å². The van der Waals surface area contributed by atoms with E-state index in [1.807, 2.05) is 42.3 Å². The predicted molar refractivity (Wildman–Crippen MR) is 111 cm³/mol.